The van der Waals surface area contributed by atoms with Gasteiger partial charge in [0.1, 0.15) is 5.82 Å². The maximum absolute atomic E-state index is 13.0. The number of halogens is 1. The van der Waals surface area contributed by atoms with Gasteiger partial charge in [-0.15, -0.1) is 11.3 Å². The standard InChI is InChI=1S/C25H21FN2OS2/c26-22-12-8-19(9-13-22)15-30-16-23-17-31-25(27-23)28-24(29)14-18-6-10-21(11-7-18)20-4-2-1-3-5-20/h1-13,17H,14-16H2,(H,27,28,29). The van der Waals surface area contributed by atoms with E-state index in [1.54, 1.807) is 23.9 Å². The summed E-state index contributed by atoms with van der Waals surface area (Å²) in [6.45, 7) is 0. The number of hydrogen-bond donors (Lipinski definition) is 1. The van der Waals surface area contributed by atoms with Crippen molar-refractivity contribution in [2.24, 2.45) is 0 Å². The van der Waals surface area contributed by atoms with Crippen molar-refractivity contribution in [3.63, 3.8) is 0 Å². The van der Waals surface area contributed by atoms with Crippen LogP contribution in [0.15, 0.2) is 84.2 Å². The predicted molar refractivity (Wildman–Crippen MR) is 128 cm³/mol. The lowest BCUT2D eigenvalue weighted by Gasteiger charge is -2.05. The molecule has 0 atom stereocenters. The van der Waals surface area contributed by atoms with E-state index in [9.17, 15) is 9.18 Å². The van der Waals surface area contributed by atoms with Crippen molar-refractivity contribution < 1.29 is 9.18 Å². The van der Waals surface area contributed by atoms with E-state index in [-0.39, 0.29) is 11.7 Å². The van der Waals surface area contributed by atoms with Crippen molar-refractivity contribution in [3.8, 4) is 11.1 Å². The lowest BCUT2D eigenvalue weighted by molar-refractivity contribution is -0.115. The monoisotopic (exact) mass is 448 g/mol. The van der Waals surface area contributed by atoms with Crippen molar-refractivity contribution in [3.05, 3.63) is 107 Å². The lowest BCUT2D eigenvalue weighted by atomic mass is 10.0. The number of thioether (sulfide) groups is 1. The Labute approximate surface area is 189 Å². The Hall–Kier alpha value is -2.96. The zero-order valence-electron chi connectivity index (χ0n) is 16.8. The van der Waals surface area contributed by atoms with E-state index >= 15 is 0 Å². The van der Waals surface area contributed by atoms with Crippen LogP contribution in [0.4, 0.5) is 9.52 Å². The molecule has 4 aromatic rings. The highest BCUT2D eigenvalue weighted by Crippen LogP contribution is 2.23. The number of nitrogens with zero attached hydrogens (tertiary/aromatic N) is 1. The van der Waals surface area contributed by atoms with Crippen molar-refractivity contribution in [1.29, 1.82) is 0 Å². The molecular formula is C25H21FN2OS2. The van der Waals surface area contributed by atoms with Crippen LogP contribution < -0.4 is 5.32 Å². The minimum Gasteiger partial charge on any atom is -0.302 e. The molecule has 1 aromatic heterocycles. The topological polar surface area (TPSA) is 42.0 Å². The molecule has 4 rings (SSSR count). The molecule has 6 heteroatoms. The van der Waals surface area contributed by atoms with Gasteiger partial charge in [-0.25, -0.2) is 9.37 Å². The molecule has 0 spiro atoms. The molecule has 1 amide bonds. The summed E-state index contributed by atoms with van der Waals surface area (Å²) in [5.74, 6) is 1.23. The quantitative estimate of drug-likeness (QED) is 0.332. The summed E-state index contributed by atoms with van der Waals surface area (Å²) >= 11 is 3.14. The molecule has 0 aliphatic carbocycles. The van der Waals surface area contributed by atoms with Gasteiger partial charge in [0.05, 0.1) is 12.1 Å². The van der Waals surface area contributed by atoms with E-state index in [0.29, 0.717) is 11.6 Å². The Bertz CT molecular complexity index is 1130. The molecule has 0 aliphatic heterocycles. The van der Waals surface area contributed by atoms with Crippen LogP contribution in [0.25, 0.3) is 11.1 Å². The highest BCUT2D eigenvalue weighted by molar-refractivity contribution is 7.97. The fraction of sp³-hybridized carbons (Fsp3) is 0.120. The summed E-state index contributed by atoms with van der Waals surface area (Å²) in [5.41, 5.74) is 5.26. The van der Waals surface area contributed by atoms with E-state index in [1.165, 1.54) is 23.5 Å². The molecule has 0 saturated carbocycles. The van der Waals surface area contributed by atoms with Gasteiger partial charge in [-0.2, -0.15) is 11.8 Å². The molecule has 0 saturated heterocycles. The van der Waals surface area contributed by atoms with Gasteiger partial charge in [0.15, 0.2) is 5.13 Å². The van der Waals surface area contributed by atoms with Crippen molar-refractivity contribution >= 4 is 34.1 Å². The molecule has 1 N–H and O–H groups in total. The van der Waals surface area contributed by atoms with Crippen LogP contribution in [0, 0.1) is 5.82 Å². The molecule has 0 unspecified atom stereocenters. The SMILES string of the molecule is O=C(Cc1ccc(-c2ccccc2)cc1)Nc1nc(CSCc2ccc(F)cc2)cs1. The number of thiazole rings is 1. The molecule has 0 radical (unpaired) electrons. The maximum Gasteiger partial charge on any atom is 0.230 e. The van der Waals surface area contributed by atoms with Gasteiger partial charge in [-0.05, 0) is 34.4 Å². The highest BCUT2D eigenvalue weighted by Gasteiger charge is 2.09. The molecule has 0 aliphatic rings. The average molecular weight is 449 g/mol. The Kier molecular flexibility index (Phi) is 7.12. The number of anilines is 1. The largest absolute Gasteiger partial charge is 0.302 e. The number of aromatic nitrogens is 1. The number of rotatable bonds is 8. The second-order valence-corrected chi connectivity index (χ2v) is 8.89. The number of carbonyl (C=O) groups excluding carboxylic acids is 1. The first-order valence-electron chi connectivity index (χ1n) is 9.86. The van der Waals surface area contributed by atoms with Gasteiger partial charge >= 0.3 is 0 Å². The lowest BCUT2D eigenvalue weighted by Crippen LogP contribution is -2.14. The molecule has 156 valence electrons. The molecule has 3 nitrogen and oxygen atoms in total. The summed E-state index contributed by atoms with van der Waals surface area (Å²) < 4.78 is 13.0. The van der Waals surface area contributed by atoms with Gasteiger partial charge in [0.25, 0.3) is 0 Å². The van der Waals surface area contributed by atoms with Crippen LogP contribution in [0.2, 0.25) is 0 Å². The highest BCUT2D eigenvalue weighted by atomic mass is 32.2. The molecular weight excluding hydrogens is 427 g/mol. The van der Waals surface area contributed by atoms with Crippen LogP contribution in [0.5, 0.6) is 0 Å². The number of benzene rings is 3. The first kappa shape index (κ1) is 21.3. The minimum absolute atomic E-state index is 0.0765. The van der Waals surface area contributed by atoms with Crippen LogP contribution in [-0.2, 0) is 22.7 Å². The van der Waals surface area contributed by atoms with E-state index in [4.69, 9.17) is 0 Å². The molecule has 31 heavy (non-hydrogen) atoms. The zero-order valence-corrected chi connectivity index (χ0v) is 18.4. The summed E-state index contributed by atoms with van der Waals surface area (Å²) in [6, 6.07) is 24.8. The molecule has 3 aromatic carbocycles. The maximum atomic E-state index is 13.0. The third-order valence-corrected chi connectivity index (χ3v) is 6.50. The van der Waals surface area contributed by atoms with E-state index < -0.39 is 0 Å². The normalized spacial score (nSPS) is 10.7. The second-order valence-electron chi connectivity index (χ2n) is 7.05. The minimum atomic E-state index is -0.222. The van der Waals surface area contributed by atoms with E-state index in [1.807, 2.05) is 47.8 Å². The number of carbonyl (C=O) groups is 1. The average Bonchev–Trinajstić information content (AvgIpc) is 3.23. The van der Waals surface area contributed by atoms with Crippen molar-refractivity contribution in [2.75, 3.05) is 5.32 Å². The summed E-state index contributed by atoms with van der Waals surface area (Å²) in [4.78, 5) is 16.9. The van der Waals surface area contributed by atoms with Gasteiger partial charge < -0.3 is 5.32 Å². The Morgan fingerprint density at radius 1 is 0.871 bits per heavy atom. The van der Waals surface area contributed by atoms with Crippen molar-refractivity contribution in [1.82, 2.24) is 4.98 Å². The number of amides is 1. The number of hydrogen-bond acceptors (Lipinski definition) is 4. The smallest absolute Gasteiger partial charge is 0.230 e. The molecule has 0 bridgehead atoms. The Balaban J connectivity index is 1.25. The second kappa shape index (κ2) is 10.4. The first-order valence-corrected chi connectivity index (χ1v) is 11.9. The van der Waals surface area contributed by atoms with Crippen LogP contribution in [0.1, 0.15) is 16.8 Å². The first-order chi connectivity index (χ1) is 15.2. The predicted octanol–water partition coefficient (Wildman–Crippen LogP) is 6.56. The molecule has 1 heterocycles. The fourth-order valence-electron chi connectivity index (χ4n) is 3.08. The fourth-order valence-corrected chi connectivity index (χ4v) is 4.80. The zero-order chi connectivity index (χ0) is 21.5. The summed E-state index contributed by atoms with van der Waals surface area (Å²) in [5, 5.41) is 5.46. The van der Waals surface area contributed by atoms with E-state index in [0.717, 1.165) is 39.5 Å². The van der Waals surface area contributed by atoms with Crippen molar-refractivity contribution in [2.45, 2.75) is 17.9 Å². The van der Waals surface area contributed by atoms with Crippen LogP contribution in [0.3, 0.4) is 0 Å². The molecule has 0 fully saturated rings. The van der Waals surface area contributed by atoms with Gasteiger partial charge in [0.2, 0.25) is 5.91 Å². The number of nitrogens with one attached hydrogen (secondary N) is 1. The van der Waals surface area contributed by atoms with Crippen LogP contribution in [-0.4, -0.2) is 10.9 Å². The Morgan fingerprint density at radius 3 is 2.29 bits per heavy atom. The summed E-state index contributed by atoms with van der Waals surface area (Å²) in [6.07, 6.45) is 0.309. The van der Waals surface area contributed by atoms with Gasteiger partial charge in [0, 0.05) is 16.9 Å². The Morgan fingerprint density at radius 2 is 1.55 bits per heavy atom. The van der Waals surface area contributed by atoms with Crippen LogP contribution >= 0.6 is 23.1 Å². The van der Waals surface area contributed by atoms with E-state index in [2.05, 4.69) is 22.4 Å². The third kappa shape index (κ3) is 6.26. The summed E-state index contributed by atoms with van der Waals surface area (Å²) in [7, 11) is 0. The third-order valence-electron chi connectivity index (χ3n) is 4.66. The van der Waals surface area contributed by atoms with Gasteiger partial charge in [-0.3, -0.25) is 4.79 Å². The van der Waals surface area contributed by atoms with Gasteiger partial charge in [-0.1, -0.05) is 66.7 Å².